The zero-order valence-corrected chi connectivity index (χ0v) is 12.4. The smallest absolute Gasteiger partial charge is 0.248 e. The quantitative estimate of drug-likeness (QED) is 0.478. The van der Waals surface area contributed by atoms with Crippen LogP contribution in [0.25, 0.3) is 0 Å². The van der Waals surface area contributed by atoms with Gasteiger partial charge in [0.05, 0.1) is 0 Å². The van der Waals surface area contributed by atoms with Crippen LogP contribution in [-0.4, -0.2) is 36.4 Å². The molecule has 2 aliphatic rings. The summed E-state index contributed by atoms with van der Waals surface area (Å²) in [6, 6.07) is 0.522. The van der Waals surface area contributed by atoms with E-state index in [1.54, 1.807) is 0 Å². The van der Waals surface area contributed by atoms with Crippen molar-refractivity contribution in [3.8, 4) is 0 Å². The summed E-state index contributed by atoms with van der Waals surface area (Å²) in [5.74, 6) is -1.98. The maximum Gasteiger partial charge on any atom is 0.248 e. The molecule has 1 unspecified atom stereocenters. The average molecular weight is 359 g/mol. The van der Waals surface area contributed by atoms with Gasteiger partial charge in [0.25, 0.3) is 0 Å². The molecule has 0 bridgehead atoms. The molecule has 0 aliphatic heterocycles. The highest BCUT2D eigenvalue weighted by Gasteiger charge is 2.39. The van der Waals surface area contributed by atoms with E-state index in [9.17, 15) is 8.78 Å². The lowest BCUT2D eigenvalue weighted by Crippen LogP contribution is -2.36. The largest absolute Gasteiger partial charge is 0.370 e. The Morgan fingerprint density at radius 1 is 1.41 bits per heavy atom. The van der Waals surface area contributed by atoms with Gasteiger partial charge in [-0.2, -0.15) is 0 Å². The van der Waals surface area contributed by atoms with Gasteiger partial charge >= 0.3 is 0 Å². The van der Waals surface area contributed by atoms with Crippen molar-refractivity contribution in [1.29, 1.82) is 0 Å². The summed E-state index contributed by atoms with van der Waals surface area (Å²) in [5, 5.41) is 0. The Morgan fingerprint density at radius 3 is 2.53 bits per heavy atom. The molecule has 2 rings (SSSR count). The van der Waals surface area contributed by atoms with Crippen LogP contribution in [0.15, 0.2) is 4.99 Å². The molecule has 17 heavy (non-hydrogen) atoms. The highest BCUT2D eigenvalue weighted by Crippen LogP contribution is 2.38. The molecule has 2 saturated carbocycles. The Bertz CT molecular complexity index is 292. The Kier molecular flexibility index (Phi) is 4.97. The van der Waals surface area contributed by atoms with Gasteiger partial charge in [-0.05, 0) is 25.2 Å². The second kappa shape index (κ2) is 5.67. The molecule has 0 radical (unpaired) electrons. The molecule has 2 aliphatic carbocycles. The summed E-state index contributed by atoms with van der Waals surface area (Å²) in [4.78, 5) is 6.17. The maximum absolute atomic E-state index is 12.9. The molecule has 0 aromatic heterocycles. The Hall–Kier alpha value is -0.140. The molecule has 0 spiro atoms. The van der Waals surface area contributed by atoms with Crippen molar-refractivity contribution in [3.05, 3.63) is 0 Å². The van der Waals surface area contributed by atoms with Crippen molar-refractivity contribution in [3.63, 3.8) is 0 Å². The van der Waals surface area contributed by atoms with E-state index in [4.69, 9.17) is 5.73 Å². The third-order valence-corrected chi connectivity index (χ3v) is 3.47. The molecular weight excluding hydrogens is 339 g/mol. The first kappa shape index (κ1) is 14.9. The topological polar surface area (TPSA) is 41.6 Å². The number of rotatable bonds is 3. The standard InChI is InChI=1S/C11H19F2N3.HI/c1-16(9-2-3-9)10(14)15-7-8-4-5-11(12,13)6-8;/h8-9H,2-7H2,1H3,(H2,14,15);1H. The van der Waals surface area contributed by atoms with Crippen LogP contribution in [0.5, 0.6) is 0 Å². The van der Waals surface area contributed by atoms with Gasteiger partial charge in [0.15, 0.2) is 5.96 Å². The van der Waals surface area contributed by atoms with Crippen molar-refractivity contribution in [2.45, 2.75) is 44.1 Å². The zero-order valence-electron chi connectivity index (χ0n) is 10.0. The molecule has 0 saturated heterocycles. The highest BCUT2D eigenvalue weighted by molar-refractivity contribution is 14.0. The lowest BCUT2D eigenvalue weighted by Gasteiger charge is -2.17. The van der Waals surface area contributed by atoms with Gasteiger partial charge in [0.1, 0.15) is 0 Å². The number of hydrogen-bond acceptors (Lipinski definition) is 1. The highest BCUT2D eigenvalue weighted by atomic mass is 127. The molecule has 3 nitrogen and oxygen atoms in total. The minimum atomic E-state index is -2.47. The molecule has 0 aromatic rings. The van der Waals surface area contributed by atoms with Gasteiger partial charge in [-0.1, -0.05) is 0 Å². The van der Waals surface area contributed by atoms with Crippen LogP contribution < -0.4 is 5.73 Å². The molecule has 1 atom stereocenters. The average Bonchev–Trinajstić information content (AvgIpc) is 2.99. The van der Waals surface area contributed by atoms with E-state index >= 15 is 0 Å². The molecule has 6 heteroatoms. The van der Waals surface area contributed by atoms with Gasteiger partial charge in [0.2, 0.25) is 5.92 Å². The number of hydrogen-bond donors (Lipinski definition) is 1. The second-order valence-electron chi connectivity index (χ2n) is 5.01. The summed E-state index contributed by atoms with van der Waals surface area (Å²) < 4.78 is 25.9. The summed E-state index contributed by atoms with van der Waals surface area (Å²) in [7, 11) is 1.92. The normalized spacial score (nSPS) is 27.7. The number of nitrogens with zero attached hydrogens (tertiary/aromatic N) is 2. The minimum Gasteiger partial charge on any atom is -0.370 e. The molecular formula is C11H20F2IN3. The third-order valence-electron chi connectivity index (χ3n) is 3.47. The van der Waals surface area contributed by atoms with Crippen LogP contribution in [0.2, 0.25) is 0 Å². The fourth-order valence-electron chi connectivity index (χ4n) is 2.18. The van der Waals surface area contributed by atoms with E-state index in [2.05, 4.69) is 4.99 Å². The van der Waals surface area contributed by atoms with E-state index in [1.807, 2.05) is 11.9 Å². The van der Waals surface area contributed by atoms with Crippen LogP contribution in [-0.2, 0) is 0 Å². The summed E-state index contributed by atoms with van der Waals surface area (Å²) >= 11 is 0. The first-order valence-electron chi connectivity index (χ1n) is 5.88. The summed E-state index contributed by atoms with van der Waals surface area (Å²) in [6.07, 6.45) is 2.86. The maximum atomic E-state index is 12.9. The fraction of sp³-hybridized carbons (Fsp3) is 0.909. The molecule has 100 valence electrons. The fourth-order valence-corrected chi connectivity index (χ4v) is 2.18. The lowest BCUT2D eigenvalue weighted by atomic mass is 10.1. The minimum absolute atomic E-state index is 0. The zero-order chi connectivity index (χ0) is 11.8. The van der Waals surface area contributed by atoms with Gasteiger partial charge in [0, 0.05) is 32.5 Å². The predicted molar refractivity (Wildman–Crippen MR) is 75.0 cm³/mol. The second-order valence-corrected chi connectivity index (χ2v) is 5.01. The van der Waals surface area contributed by atoms with E-state index in [0.29, 0.717) is 25.0 Å². The molecule has 0 heterocycles. The Labute approximate surface area is 118 Å². The SMILES string of the molecule is CN(C(N)=NCC1CCC(F)(F)C1)C1CC1.I. The van der Waals surface area contributed by atoms with Gasteiger partial charge < -0.3 is 10.6 Å². The summed E-state index contributed by atoms with van der Waals surface area (Å²) in [5.41, 5.74) is 5.79. The van der Waals surface area contributed by atoms with Crippen LogP contribution in [0, 0.1) is 5.92 Å². The van der Waals surface area contributed by atoms with Crippen molar-refractivity contribution in [1.82, 2.24) is 4.90 Å². The monoisotopic (exact) mass is 359 g/mol. The van der Waals surface area contributed by atoms with Gasteiger partial charge in [-0.3, -0.25) is 4.99 Å². The van der Waals surface area contributed by atoms with E-state index in [-0.39, 0.29) is 42.7 Å². The van der Waals surface area contributed by atoms with E-state index in [1.165, 1.54) is 0 Å². The number of halogens is 3. The van der Waals surface area contributed by atoms with Crippen LogP contribution in [0.1, 0.15) is 32.1 Å². The van der Waals surface area contributed by atoms with Crippen molar-refractivity contribution < 1.29 is 8.78 Å². The Balaban J connectivity index is 0.00000144. The third kappa shape index (κ3) is 4.22. The number of alkyl halides is 2. The van der Waals surface area contributed by atoms with Crippen molar-refractivity contribution in [2.75, 3.05) is 13.6 Å². The molecule has 2 N–H and O–H groups in total. The van der Waals surface area contributed by atoms with Crippen LogP contribution in [0.3, 0.4) is 0 Å². The lowest BCUT2D eigenvalue weighted by molar-refractivity contribution is 0.00541. The van der Waals surface area contributed by atoms with Crippen molar-refractivity contribution in [2.24, 2.45) is 16.6 Å². The van der Waals surface area contributed by atoms with Crippen molar-refractivity contribution >= 4 is 29.9 Å². The van der Waals surface area contributed by atoms with E-state index in [0.717, 1.165) is 12.8 Å². The summed E-state index contributed by atoms with van der Waals surface area (Å²) in [6.45, 7) is 0.443. The van der Waals surface area contributed by atoms with E-state index < -0.39 is 5.92 Å². The number of nitrogens with two attached hydrogens (primary N) is 1. The first-order chi connectivity index (χ1) is 7.48. The Morgan fingerprint density at radius 2 is 2.06 bits per heavy atom. The van der Waals surface area contributed by atoms with Gasteiger partial charge in [-0.25, -0.2) is 8.78 Å². The molecule has 2 fully saturated rings. The molecule has 0 aromatic carbocycles. The van der Waals surface area contributed by atoms with Crippen LogP contribution >= 0.6 is 24.0 Å². The molecule has 0 amide bonds. The first-order valence-corrected chi connectivity index (χ1v) is 5.88. The van der Waals surface area contributed by atoms with Gasteiger partial charge in [-0.15, -0.1) is 24.0 Å². The van der Waals surface area contributed by atoms with Crippen LogP contribution in [0.4, 0.5) is 8.78 Å². The number of guanidine groups is 1. The predicted octanol–water partition coefficient (Wildman–Crippen LogP) is 2.45. The number of aliphatic imine (C=N–C) groups is 1.